The van der Waals surface area contributed by atoms with Crippen LogP contribution in [0.15, 0.2) is 48.5 Å². The normalized spacial score (nSPS) is 10.5. The van der Waals surface area contributed by atoms with Crippen molar-refractivity contribution in [3.8, 4) is 5.75 Å². The average Bonchev–Trinajstić information content (AvgIpc) is 2.65. The molecule has 1 aromatic heterocycles. The van der Waals surface area contributed by atoms with Gasteiger partial charge in [0.15, 0.2) is 0 Å². The minimum atomic E-state index is 0.731. The van der Waals surface area contributed by atoms with Gasteiger partial charge in [0, 0.05) is 18.3 Å². The number of nitrogens with one attached hydrogen (secondary N) is 2. The fraction of sp³-hybridized carbons (Fsp3) is 0.273. The largest absolute Gasteiger partial charge is 0.497 e. The van der Waals surface area contributed by atoms with Crippen molar-refractivity contribution in [3.05, 3.63) is 71.0 Å². The highest BCUT2D eigenvalue weighted by molar-refractivity contribution is 5.63. The molecule has 0 fully saturated rings. The molecule has 0 unspecified atom stereocenters. The highest BCUT2D eigenvalue weighted by atomic mass is 16.5. The molecule has 0 aliphatic rings. The van der Waals surface area contributed by atoms with Gasteiger partial charge in [-0.15, -0.1) is 0 Å². The smallest absolute Gasteiger partial charge is 0.136 e. The topological polar surface area (TPSA) is 59.1 Å². The van der Waals surface area contributed by atoms with E-state index in [4.69, 9.17) is 4.74 Å². The molecule has 1 heterocycles. The van der Waals surface area contributed by atoms with E-state index in [1.165, 1.54) is 16.7 Å². The number of benzene rings is 2. The van der Waals surface area contributed by atoms with E-state index in [0.29, 0.717) is 0 Å². The Morgan fingerprint density at radius 3 is 2.52 bits per heavy atom. The zero-order valence-corrected chi connectivity index (χ0v) is 16.3. The van der Waals surface area contributed by atoms with Crippen LogP contribution in [0.25, 0.3) is 0 Å². The second kappa shape index (κ2) is 8.54. The van der Waals surface area contributed by atoms with Gasteiger partial charge >= 0.3 is 0 Å². The third kappa shape index (κ3) is 4.97. The molecule has 27 heavy (non-hydrogen) atoms. The Bertz CT molecular complexity index is 924. The molecule has 0 amide bonds. The third-order valence-electron chi connectivity index (χ3n) is 4.56. The van der Waals surface area contributed by atoms with Crippen molar-refractivity contribution >= 4 is 17.3 Å². The number of nitrogens with zero attached hydrogens (tertiary/aromatic N) is 2. The van der Waals surface area contributed by atoms with Crippen molar-refractivity contribution in [2.75, 3.05) is 24.3 Å². The fourth-order valence-corrected chi connectivity index (χ4v) is 2.91. The predicted molar refractivity (Wildman–Crippen MR) is 111 cm³/mol. The maximum Gasteiger partial charge on any atom is 0.136 e. The van der Waals surface area contributed by atoms with Crippen LogP contribution in [-0.2, 0) is 6.42 Å². The number of hydrogen-bond donors (Lipinski definition) is 2. The Hall–Kier alpha value is -3.08. The standard InChI is InChI=1S/C22H26N4O/c1-15-7-5-10-20(16(15)2)26-22-14-21(24-17(3)25-22)23-12-11-18-8-6-9-19(13-18)27-4/h5-10,13-14H,11-12H2,1-4H3,(H2,23,24,25,26). The van der Waals surface area contributed by atoms with Gasteiger partial charge in [0.25, 0.3) is 0 Å². The summed E-state index contributed by atoms with van der Waals surface area (Å²) >= 11 is 0. The van der Waals surface area contributed by atoms with Gasteiger partial charge in [-0.3, -0.25) is 0 Å². The van der Waals surface area contributed by atoms with Crippen molar-refractivity contribution in [1.82, 2.24) is 9.97 Å². The van der Waals surface area contributed by atoms with Gasteiger partial charge in [-0.05, 0) is 62.1 Å². The second-order valence-corrected chi connectivity index (χ2v) is 6.59. The molecule has 2 aromatic carbocycles. The zero-order valence-electron chi connectivity index (χ0n) is 16.3. The molecule has 0 radical (unpaired) electrons. The molecule has 0 saturated carbocycles. The molecule has 2 N–H and O–H groups in total. The van der Waals surface area contributed by atoms with Crippen LogP contribution >= 0.6 is 0 Å². The molecule has 0 atom stereocenters. The van der Waals surface area contributed by atoms with Crippen LogP contribution in [0.3, 0.4) is 0 Å². The lowest BCUT2D eigenvalue weighted by Crippen LogP contribution is -2.08. The number of ether oxygens (including phenoxy) is 1. The lowest BCUT2D eigenvalue weighted by molar-refractivity contribution is 0.414. The summed E-state index contributed by atoms with van der Waals surface area (Å²) in [5.41, 5.74) is 4.76. The summed E-state index contributed by atoms with van der Waals surface area (Å²) in [5.74, 6) is 3.22. The highest BCUT2D eigenvalue weighted by Gasteiger charge is 2.06. The minimum absolute atomic E-state index is 0.731. The van der Waals surface area contributed by atoms with E-state index in [-0.39, 0.29) is 0 Å². The molecule has 0 saturated heterocycles. The molecule has 3 rings (SSSR count). The molecule has 5 heteroatoms. The first-order chi connectivity index (χ1) is 13.0. The van der Waals surface area contributed by atoms with Crippen molar-refractivity contribution in [2.45, 2.75) is 27.2 Å². The molecule has 0 aliphatic heterocycles. The summed E-state index contributed by atoms with van der Waals surface area (Å²) in [7, 11) is 1.69. The molecule has 140 valence electrons. The number of methoxy groups -OCH3 is 1. The van der Waals surface area contributed by atoms with Gasteiger partial charge in [-0.25, -0.2) is 9.97 Å². The van der Waals surface area contributed by atoms with Crippen LogP contribution in [-0.4, -0.2) is 23.6 Å². The van der Waals surface area contributed by atoms with Crippen LogP contribution in [0.1, 0.15) is 22.5 Å². The quantitative estimate of drug-likeness (QED) is 0.632. The van der Waals surface area contributed by atoms with Gasteiger partial charge in [-0.2, -0.15) is 0 Å². The summed E-state index contributed by atoms with van der Waals surface area (Å²) in [5, 5.41) is 6.80. The molecular weight excluding hydrogens is 336 g/mol. The SMILES string of the molecule is COc1cccc(CCNc2cc(Nc3cccc(C)c3C)nc(C)n2)c1. The van der Waals surface area contributed by atoms with Crippen LogP contribution in [0.2, 0.25) is 0 Å². The molecule has 3 aromatic rings. The van der Waals surface area contributed by atoms with E-state index in [9.17, 15) is 0 Å². The van der Waals surface area contributed by atoms with E-state index in [0.717, 1.165) is 41.9 Å². The van der Waals surface area contributed by atoms with Crippen LogP contribution < -0.4 is 15.4 Å². The average molecular weight is 362 g/mol. The van der Waals surface area contributed by atoms with Crippen molar-refractivity contribution in [1.29, 1.82) is 0 Å². The highest BCUT2D eigenvalue weighted by Crippen LogP contribution is 2.23. The lowest BCUT2D eigenvalue weighted by atomic mass is 10.1. The predicted octanol–water partition coefficient (Wildman–Crippen LogP) is 4.81. The third-order valence-corrected chi connectivity index (χ3v) is 4.56. The van der Waals surface area contributed by atoms with Crippen LogP contribution in [0.5, 0.6) is 5.75 Å². The van der Waals surface area contributed by atoms with E-state index >= 15 is 0 Å². The fourth-order valence-electron chi connectivity index (χ4n) is 2.91. The number of rotatable bonds is 7. The monoisotopic (exact) mass is 362 g/mol. The maximum atomic E-state index is 5.28. The summed E-state index contributed by atoms with van der Waals surface area (Å²) in [6.45, 7) is 6.91. The van der Waals surface area contributed by atoms with Crippen LogP contribution in [0.4, 0.5) is 17.3 Å². The van der Waals surface area contributed by atoms with Gasteiger partial charge in [0.2, 0.25) is 0 Å². The van der Waals surface area contributed by atoms with E-state index in [1.807, 2.05) is 31.2 Å². The molecule has 5 nitrogen and oxygen atoms in total. The van der Waals surface area contributed by atoms with Crippen LogP contribution in [0, 0.1) is 20.8 Å². The van der Waals surface area contributed by atoms with Gasteiger partial charge in [0.05, 0.1) is 7.11 Å². The van der Waals surface area contributed by atoms with E-state index in [2.05, 4.69) is 58.7 Å². The van der Waals surface area contributed by atoms with Gasteiger partial charge in [-0.1, -0.05) is 24.3 Å². The maximum absolute atomic E-state index is 5.28. The Labute approximate surface area is 160 Å². The Morgan fingerprint density at radius 2 is 1.70 bits per heavy atom. The molecular formula is C22H26N4O. The lowest BCUT2D eigenvalue weighted by Gasteiger charge is -2.13. The second-order valence-electron chi connectivity index (χ2n) is 6.59. The van der Waals surface area contributed by atoms with Crippen molar-refractivity contribution < 1.29 is 4.74 Å². The number of aryl methyl sites for hydroxylation is 2. The summed E-state index contributed by atoms with van der Waals surface area (Å²) in [6, 6.07) is 16.3. The number of hydrogen-bond acceptors (Lipinski definition) is 5. The summed E-state index contributed by atoms with van der Waals surface area (Å²) < 4.78 is 5.28. The molecule has 0 aliphatic carbocycles. The van der Waals surface area contributed by atoms with E-state index in [1.54, 1.807) is 7.11 Å². The van der Waals surface area contributed by atoms with E-state index < -0.39 is 0 Å². The van der Waals surface area contributed by atoms with Crippen molar-refractivity contribution in [2.24, 2.45) is 0 Å². The van der Waals surface area contributed by atoms with Gasteiger partial charge < -0.3 is 15.4 Å². The Balaban J connectivity index is 1.67. The Morgan fingerprint density at radius 1 is 0.926 bits per heavy atom. The molecule has 0 spiro atoms. The van der Waals surface area contributed by atoms with Crippen molar-refractivity contribution in [3.63, 3.8) is 0 Å². The number of anilines is 3. The first kappa shape index (κ1) is 18.7. The minimum Gasteiger partial charge on any atom is -0.497 e. The van der Waals surface area contributed by atoms with Gasteiger partial charge in [0.1, 0.15) is 23.2 Å². The first-order valence-corrected chi connectivity index (χ1v) is 9.11. The number of aromatic nitrogens is 2. The zero-order chi connectivity index (χ0) is 19.2. The first-order valence-electron chi connectivity index (χ1n) is 9.11. The summed E-state index contributed by atoms with van der Waals surface area (Å²) in [6.07, 6.45) is 0.889. The Kier molecular flexibility index (Phi) is 5.91. The molecule has 0 bridgehead atoms. The summed E-state index contributed by atoms with van der Waals surface area (Å²) in [4.78, 5) is 9.00.